The standard InChI is InChI=1S/C10H17N3O6S.CH4.Cr/c11-5(10(18)19)1-2-7(14)13-6(4-20)9(17)12-3-8(15)16;;/h5-6,20H,1-4,11H2,(H,12,17)(H,13,14)(H,15,16)(H,18,19);1H4;/t5-,6-;;/m0../s1. The van der Waals surface area contributed by atoms with E-state index in [4.69, 9.17) is 15.9 Å². The Bertz CT molecular complexity index is 396. The molecule has 2 amide bonds. The fourth-order valence-corrected chi connectivity index (χ4v) is 1.41. The third-order valence-corrected chi connectivity index (χ3v) is 2.61. The van der Waals surface area contributed by atoms with Crippen molar-refractivity contribution < 1.29 is 46.8 Å². The van der Waals surface area contributed by atoms with Crippen molar-refractivity contribution in [1.29, 1.82) is 0 Å². The molecule has 0 aliphatic rings. The van der Waals surface area contributed by atoms with Crippen molar-refractivity contribution in [3.63, 3.8) is 0 Å². The van der Waals surface area contributed by atoms with Gasteiger partial charge in [0.05, 0.1) is 0 Å². The van der Waals surface area contributed by atoms with Crippen molar-refractivity contribution in [1.82, 2.24) is 10.6 Å². The maximum Gasteiger partial charge on any atom is 0.322 e. The Kier molecular flexibility index (Phi) is 15.6. The van der Waals surface area contributed by atoms with Crippen molar-refractivity contribution in [3.8, 4) is 0 Å². The average Bonchev–Trinajstić information content (AvgIpc) is 2.38. The van der Waals surface area contributed by atoms with Gasteiger partial charge in [-0.05, 0) is 6.42 Å². The zero-order valence-electron chi connectivity index (χ0n) is 10.9. The van der Waals surface area contributed by atoms with Crippen LogP contribution in [0.4, 0.5) is 0 Å². The molecule has 0 aromatic rings. The predicted molar refractivity (Wildman–Crippen MR) is 78.0 cm³/mol. The number of carbonyl (C=O) groups excluding carboxylic acids is 2. The molecule has 0 aliphatic heterocycles. The van der Waals surface area contributed by atoms with Crippen LogP contribution in [0.5, 0.6) is 0 Å². The van der Waals surface area contributed by atoms with Crippen LogP contribution in [0.25, 0.3) is 0 Å². The van der Waals surface area contributed by atoms with Crippen molar-refractivity contribution in [2.24, 2.45) is 5.73 Å². The first-order valence-electron chi connectivity index (χ1n) is 5.66. The molecule has 0 bridgehead atoms. The summed E-state index contributed by atoms with van der Waals surface area (Å²) in [6.45, 7) is -0.567. The minimum Gasteiger partial charge on any atom is -0.480 e. The Hall–Kier alpha value is -1.28. The molecular weight excluding hydrogens is 354 g/mol. The van der Waals surface area contributed by atoms with E-state index in [1.54, 1.807) is 0 Å². The molecule has 0 radical (unpaired) electrons. The maximum absolute atomic E-state index is 11.5. The molecule has 0 saturated carbocycles. The predicted octanol–water partition coefficient (Wildman–Crippen LogP) is -1.57. The third-order valence-electron chi connectivity index (χ3n) is 2.25. The van der Waals surface area contributed by atoms with Gasteiger partial charge in [-0.1, -0.05) is 7.43 Å². The molecule has 0 aromatic carbocycles. The molecule has 22 heavy (non-hydrogen) atoms. The number of nitrogens with two attached hydrogens (primary N) is 1. The third kappa shape index (κ3) is 11.4. The topological polar surface area (TPSA) is 159 Å². The van der Waals surface area contributed by atoms with Gasteiger partial charge in [-0.2, -0.15) is 12.6 Å². The van der Waals surface area contributed by atoms with Crippen LogP contribution in [0.15, 0.2) is 0 Å². The Morgan fingerprint density at radius 1 is 1.18 bits per heavy atom. The van der Waals surface area contributed by atoms with Crippen LogP contribution in [0, 0.1) is 0 Å². The molecule has 0 heterocycles. The van der Waals surface area contributed by atoms with E-state index in [1.165, 1.54) is 0 Å². The number of nitrogens with one attached hydrogen (secondary N) is 2. The molecular formula is C11H21CrN3O6S. The van der Waals surface area contributed by atoms with Gasteiger partial charge >= 0.3 is 11.9 Å². The first-order chi connectivity index (χ1) is 9.27. The number of carbonyl (C=O) groups is 4. The molecule has 6 N–H and O–H groups in total. The second-order valence-corrected chi connectivity index (χ2v) is 4.26. The fraction of sp³-hybridized carbons (Fsp3) is 0.636. The van der Waals surface area contributed by atoms with Gasteiger partial charge in [0, 0.05) is 29.5 Å². The van der Waals surface area contributed by atoms with E-state index in [0.29, 0.717) is 0 Å². The van der Waals surface area contributed by atoms with Crippen molar-refractivity contribution in [2.45, 2.75) is 32.4 Å². The van der Waals surface area contributed by atoms with Crippen LogP contribution in [-0.2, 0) is 36.5 Å². The molecule has 11 heteroatoms. The van der Waals surface area contributed by atoms with Crippen molar-refractivity contribution in [2.75, 3.05) is 12.3 Å². The zero-order valence-corrected chi connectivity index (χ0v) is 13.1. The smallest absolute Gasteiger partial charge is 0.322 e. The molecule has 0 aliphatic carbocycles. The molecule has 9 nitrogen and oxygen atoms in total. The van der Waals surface area contributed by atoms with Crippen molar-refractivity contribution >= 4 is 36.4 Å². The first kappa shape index (κ1) is 25.7. The molecule has 2 atom stereocenters. The number of aliphatic carboxylic acids is 2. The van der Waals surface area contributed by atoms with E-state index in [1.807, 2.05) is 0 Å². The number of carboxylic acids is 2. The largest absolute Gasteiger partial charge is 0.480 e. The minimum atomic E-state index is -1.22. The summed E-state index contributed by atoms with van der Waals surface area (Å²) in [6.07, 6.45) is -0.235. The Morgan fingerprint density at radius 2 is 1.73 bits per heavy atom. The molecule has 0 spiro atoms. The van der Waals surface area contributed by atoms with Crippen LogP contribution in [0.1, 0.15) is 20.3 Å². The quantitative estimate of drug-likeness (QED) is 0.266. The van der Waals surface area contributed by atoms with Gasteiger partial charge in [-0.25, -0.2) is 0 Å². The number of hydrogen-bond acceptors (Lipinski definition) is 6. The van der Waals surface area contributed by atoms with Crippen LogP contribution in [0.2, 0.25) is 0 Å². The summed E-state index contributed by atoms with van der Waals surface area (Å²) in [5.41, 5.74) is 5.23. The maximum atomic E-state index is 11.5. The summed E-state index contributed by atoms with van der Waals surface area (Å²) >= 11 is 3.87. The van der Waals surface area contributed by atoms with Crippen LogP contribution in [-0.4, -0.2) is 58.3 Å². The second-order valence-electron chi connectivity index (χ2n) is 3.90. The van der Waals surface area contributed by atoms with Gasteiger partial charge in [0.2, 0.25) is 11.8 Å². The summed E-state index contributed by atoms with van der Waals surface area (Å²) in [7, 11) is 0. The molecule has 0 aromatic heterocycles. The van der Waals surface area contributed by atoms with E-state index >= 15 is 0 Å². The van der Waals surface area contributed by atoms with E-state index in [-0.39, 0.29) is 43.4 Å². The van der Waals surface area contributed by atoms with Crippen LogP contribution in [0.3, 0.4) is 0 Å². The SMILES string of the molecule is C.N[C@@H](CCC(=O)N[C@@H](CS)C(=O)NCC(=O)O)C(=O)O.[Cr]. The molecule has 128 valence electrons. The number of rotatable bonds is 9. The number of amides is 2. The van der Waals surface area contributed by atoms with Crippen LogP contribution >= 0.6 is 12.6 Å². The molecule has 0 fully saturated rings. The summed E-state index contributed by atoms with van der Waals surface area (Å²) in [4.78, 5) is 43.7. The van der Waals surface area contributed by atoms with Crippen molar-refractivity contribution in [3.05, 3.63) is 0 Å². The van der Waals surface area contributed by atoms with E-state index in [0.717, 1.165) is 0 Å². The molecule has 0 rings (SSSR count). The summed E-state index contributed by atoms with van der Waals surface area (Å²) in [5.74, 6) is -3.70. The Labute approximate surface area is 144 Å². The number of carboxylic acid groups (broad SMARTS) is 2. The second kappa shape index (κ2) is 13.4. The summed E-state index contributed by atoms with van der Waals surface area (Å²) in [5, 5.41) is 21.4. The number of thiol groups is 1. The molecule has 0 unspecified atom stereocenters. The Balaban J connectivity index is -0.00000180. The van der Waals surface area contributed by atoms with Gasteiger partial charge in [0.25, 0.3) is 0 Å². The van der Waals surface area contributed by atoms with Gasteiger partial charge in [0.1, 0.15) is 18.6 Å². The summed E-state index contributed by atoms with van der Waals surface area (Å²) < 4.78 is 0. The van der Waals surface area contributed by atoms with Gasteiger partial charge in [-0.3, -0.25) is 19.2 Å². The van der Waals surface area contributed by atoms with Gasteiger partial charge in [0.15, 0.2) is 0 Å². The molecule has 0 saturated heterocycles. The van der Waals surface area contributed by atoms with E-state index in [2.05, 4.69) is 23.3 Å². The normalized spacial score (nSPS) is 11.9. The Morgan fingerprint density at radius 3 is 2.14 bits per heavy atom. The van der Waals surface area contributed by atoms with E-state index < -0.39 is 42.4 Å². The van der Waals surface area contributed by atoms with E-state index in [9.17, 15) is 19.2 Å². The average molecular weight is 375 g/mol. The van der Waals surface area contributed by atoms with Crippen LogP contribution < -0.4 is 16.4 Å². The van der Waals surface area contributed by atoms with Gasteiger partial charge in [-0.15, -0.1) is 0 Å². The first-order valence-corrected chi connectivity index (χ1v) is 6.29. The number of hydrogen-bond donors (Lipinski definition) is 6. The summed E-state index contributed by atoms with van der Waals surface area (Å²) in [6, 6.07) is -2.15. The monoisotopic (exact) mass is 375 g/mol. The zero-order chi connectivity index (χ0) is 15.7. The fourth-order valence-electron chi connectivity index (χ4n) is 1.16. The minimum absolute atomic E-state index is 0. The van der Waals surface area contributed by atoms with Gasteiger partial charge < -0.3 is 26.6 Å².